The normalized spacial score (nSPS) is 9.94. The standard InChI is InChI=1S/C14H13NOS/c1-10-7-8-13(12(9-10)14(15)17)16-11-5-3-2-4-6-11/h2-9H,1H3,(H2,15,17). The monoisotopic (exact) mass is 243 g/mol. The lowest BCUT2D eigenvalue weighted by atomic mass is 10.1. The summed E-state index contributed by atoms with van der Waals surface area (Å²) < 4.78 is 5.76. The zero-order valence-corrected chi connectivity index (χ0v) is 10.3. The summed E-state index contributed by atoms with van der Waals surface area (Å²) in [6, 6.07) is 15.4. The van der Waals surface area contributed by atoms with E-state index in [4.69, 9.17) is 22.7 Å². The van der Waals surface area contributed by atoms with Gasteiger partial charge in [-0.05, 0) is 31.2 Å². The van der Waals surface area contributed by atoms with Crippen LogP contribution in [0.15, 0.2) is 48.5 Å². The summed E-state index contributed by atoms with van der Waals surface area (Å²) in [5, 5.41) is 0. The predicted octanol–water partition coefficient (Wildman–Crippen LogP) is 3.42. The Morgan fingerprint density at radius 3 is 2.47 bits per heavy atom. The molecule has 0 amide bonds. The van der Waals surface area contributed by atoms with Crippen molar-refractivity contribution in [1.29, 1.82) is 0 Å². The molecular weight excluding hydrogens is 230 g/mol. The van der Waals surface area contributed by atoms with Crippen LogP contribution in [0.3, 0.4) is 0 Å². The SMILES string of the molecule is Cc1ccc(Oc2ccccc2)c(C(N)=S)c1. The first-order chi connectivity index (χ1) is 8.16. The molecule has 2 aromatic carbocycles. The van der Waals surface area contributed by atoms with Crippen LogP contribution in [0.5, 0.6) is 11.5 Å². The Balaban J connectivity index is 2.36. The molecule has 0 saturated carbocycles. The van der Waals surface area contributed by atoms with Crippen LogP contribution in [-0.4, -0.2) is 4.99 Å². The van der Waals surface area contributed by atoms with Crippen molar-refractivity contribution in [3.8, 4) is 11.5 Å². The van der Waals surface area contributed by atoms with Gasteiger partial charge in [-0.1, -0.05) is 42.0 Å². The van der Waals surface area contributed by atoms with E-state index in [0.717, 1.165) is 16.9 Å². The summed E-state index contributed by atoms with van der Waals surface area (Å²) in [7, 11) is 0. The molecule has 0 spiro atoms. The average Bonchev–Trinajstić information content (AvgIpc) is 2.32. The third kappa shape index (κ3) is 2.82. The molecule has 0 fully saturated rings. The van der Waals surface area contributed by atoms with Gasteiger partial charge in [-0.3, -0.25) is 0 Å². The molecule has 0 bridgehead atoms. The predicted molar refractivity (Wildman–Crippen MR) is 73.6 cm³/mol. The van der Waals surface area contributed by atoms with E-state index in [9.17, 15) is 0 Å². The van der Waals surface area contributed by atoms with Crippen LogP contribution in [0, 0.1) is 6.92 Å². The highest BCUT2D eigenvalue weighted by molar-refractivity contribution is 7.80. The largest absolute Gasteiger partial charge is 0.457 e. The van der Waals surface area contributed by atoms with Crippen LogP contribution in [-0.2, 0) is 0 Å². The van der Waals surface area contributed by atoms with Crippen LogP contribution in [0.1, 0.15) is 11.1 Å². The number of ether oxygens (including phenoxy) is 1. The van der Waals surface area contributed by atoms with E-state index >= 15 is 0 Å². The van der Waals surface area contributed by atoms with Crippen molar-refractivity contribution in [3.63, 3.8) is 0 Å². The average molecular weight is 243 g/mol. The molecule has 0 radical (unpaired) electrons. The maximum Gasteiger partial charge on any atom is 0.137 e. The second-order valence-corrected chi connectivity index (χ2v) is 4.22. The molecule has 86 valence electrons. The molecule has 2 aromatic rings. The molecule has 3 heteroatoms. The zero-order chi connectivity index (χ0) is 12.3. The fourth-order valence-electron chi connectivity index (χ4n) is 1.54. The zero-order valence-electron chi connectivity index (χ0n) is 9.51. The molecule has 2 rings (SSSR count). The Labute approximate surface area is 106 Å². The maximum absolute atomic E-state index is 5.76. The molecule has 0 aliphatic heterocycles. The van der Waals surface area contributed by atoms with Gasteiger partial charge in [0.05, 0.1) is 5.56 Å². The van der Waals surface area contributed by atoms with Crippen LogP contribution in [0.25, 0.3) is 0 Å². The van der Waals surface area contributed by atoms with Crippen molar-refractivity contribution in [2.24, 2.45) is 5.73 Å². The van der Waals surface area contributed by atoms with Gasteiger partial charge < -0.3 is 10.5 Å². The van der Waals surface area contributed by atoms with E-state index < -0.39 is 0 Å². The van der Waals surface area contributed by atoms with Gasteiger partial charge in [-0.2, -0.15) is 0 Å². The lowest BCUT2D eigenvalue weighted by Gasteiger charge is -2.10. The molecule has 0 saturated heterocycles. The highest BCUT2D eigenvalue weighted by Gasteiger charge is 2.07. The van der Waals surface area contributed by atoms with Gasteiger partial charge in [0.1, 0.15) is 16.5 Å². The summed E-state index contributed by atoms with van der Waals surface area (Å²) in [6.07, 6.45) is 0. The first-order valence-corrected chi connectivity index (χ1v) is 5.71. The Morgan fingerprint density at radius 2 is 1.82 bits per heavy atom. The molecule has 0 atom stereocenters. The second kappa shape index (κ2) is 4.97. The number of nitrogens with two attached hydrogens (primary N) is 1. The minimum Gasteiger partial charge on any atom is -0.457 e. The smallest absolute Gasteiger partial charge is 0.137 e. The summed E-state index contributed by atoms with van der Waals surface area (Å²) in [5.41, 5.74) is 7.56. The number of para-hydroxylation sites is 1. The first kappa shape index (κ1) is 11.6. The molecule has 0 aliphatic rings. The summed E-state index contributed by atoms with van der Waals surface area (Å²) in [5.74, 6) is 1.46. The minimum atomic E-state index is 0.347. The van der Waals surface area contributed by atoms with Crippen molar-refractivity contribution in [2.45, 2.75) is 6.92 Å². The van der Waals surface area contributed by atoms with Gasteiger partial charge >= 0.3 is 0 Å². The van der Waals surface area contributed by atoms with E-state index in [2.05, 4.69) is 0 Å². The Morgan fingerprint density at radius 1 is 1.12 bits per heavy atom. The number of hydrogen-bond donors (Lipinski definition) is 1. The fourth-order valence-corrected chi connectivity index (χ4v) is 1.70. The highest BCUT2D eigenvalue weighted by atomic mass is 32.1. The van der Waals surface area contributed by atoms with Crippen molar-refractivity contribution >= 4 is 17.2 Å². The van der Waals surface area contributed by atoms with E-state index in [1.54, 1.807) is 0 Å². The number of hydrogen-bond acceptors (Lipinski definition) is 2. The van der Waals surface area contributed by atoms with Gasteiger partial charge in [0.15, 0.2) is 0 Å². The highest BCUT2D eigenvalue weighted by Crippen LogP contribution is 2.25. The van der Waals surface area contributed by atoms with Crippen LogP contribution >= 0.6 is 12.2 Å². The fraction of sp³-hybridized carbons (Fsp3) is 0.0714. The van der Waals surface area contributed by atoms with E-state index in [0.29, 0.717) is 10.7 Å². The van der Waals surface area contributed by atoms with E-state index in [1.165, 1.54) is 0 Å². The summed E-state index contributed by atoms with van der Waals surface area (Å²) in [6.45, 7) is 1.99. The van der Waals surface area contributed by atoms with Crippen LogP contribution in [0.2, 0.25) is 0 Å². The number of thiocarbonyl (C=S) groups is 1. The van der Waals surface area contributed by atoms with Crippen molar-refractivity contribution in [2.75, 3.05) is 0 Å². The Hall–Kier alpha value is -1.87. The number of benzene rings is 2. The molecule has 2 nitrogen and oxygen atoms in total. The van der Waals surface area contributed by atoms with Crippen molar-refractivity contribution in [1.82, 2.24) is 0 Å². The number of rotatable bonds is 3. The minimum absolute atomic E-state index is 0.347. The maximum atomic E-state index is 5.76. The molecular formula is C14H13NOS. The van der Waals surface area contributed by atoms with Gasteiger partial charge in [0.2, 0.25) is 0 Å². The van der Waals surface area contributed by atoms with Gasteiger partial charge in [0.25, 0.3) is 0 Å². The summed E-state index contributed by atoms with van der Waals surface area (Å²) >= 11 is 5.02. The van der Waals surface area contributed by atoms with Crippen molar-refractivity contribution < 1.29 is 4.74 Å². The molecule has 0 unspecified atom stereocenters. The van der Waals surface area contributed by atoms with Gasteiger partial charge in [0, 0.05) is 0 Å². The Bertz CT molecular complexity index is 537. The quantitative estimate of drug-likeness (QED) is 0.839. The number of aryl methyl sites for hydroxylation is 1. The molecule has 17 heavy (non-hydrogen) atoms. The molecule has 2 N–H and O–H groups in total. The first-order valence-electron chi connectivity index (χ1n) is 5.30. The van der Waals surface area contributed by atoms with Crippen LogP contribution < -0.4 is 10.5 Å². The lowest BCUT2D eigenvalue weighted by molar-refractivity contribution is 0.481. The molecule has 0 aliphatic carbocycles. The second-order valence-electron chi connectivity index (χ2n) is 3.78. The third-order valence-electron chi connectivity index (χ3n) is 2.37. The van der Waals surface area contributed by atoms with Crippen LogP contribution in [0.4, 0.5) is 0 Å². The van der Waals surface area contributed by atoms with Gasteiger partial charge in [-0.25, -0.2) is 0 Å². The lowest BCUT2D eigenvalue weighted by Crippen LogP contribution is -2.11. The van der Waals surface area contributed by atoms with E-state index in [-0.39, 0.29) is 0 Å². The summed E-state index contributed by atoms with van der Waals surface area (Å²) in [4.78, 5) is 0.347. The third-order valence-corrected chi connectivity index (χ3v) is 2.59. The molecule has 0 heterocycles. The molecule has 0 aromatic heterocycles. The van der Waals surface area contributed by atoms with Gasteiger partial charge in [-0.15, -0.1) is 0 Å². The topological polar surface area (TPSA) is 35.2 Å². The van der Waals surface area contributed by atoms with Crippen molar-refractivity contribution in [3.05, 3.63) is 59.7 Å². The van der Waals surface area contributed by atoms with E-state index in [1.807, 2.05) is 55.5 Å². The Kier molecular flexibility index (Phi) is 3.40.